The third-order valence-corrected chi connectivity index (χ3v) is 7.26. The largest absolute Gasteiger partial charge is 0.464 e. The van der Waals surface area contributed by atoms with E-state index in [0.717, 1.165) is 28.3 Å². The van der Waals surface area contributed by atoms with E-state index in [2.05, 4.69) is 14.4 Å². The molecule has 2 heterocycles. The van der Waals surface area contributed by atoms with E-state index in [9.17, 15) is 13.2 Å². The summed E-state index contributed by atoms with van der Waals surface area (Å²) >= 11 is 6.58. The van der Waals surface area contributed by atoms with Crippen LogP contribution in [0.15, 0.2) is 89.5 Å². The molecular formula is C27H23ClN4O4S. The number of rotatable bonds is 8. The topological polar surface area (TPSA) is 106 Å². The SMILES string of the molecule is Cc1nc2ccc(C(=O)NS(=O)(=O)NCc3ccccc3)cc2n1Cc1ccc(-c2ccco2)cc1Cl. The van der Waals surface area contributed by atoms with Crippen molar-refractivity contribution in [3.8, 4) is 11.3 Å². The second kappa shape index (κ2) is 10.2. The highest BCUT2D eigenvalue weighted by molar-refractivity contribution is 7.88. The summed E-state index contributed by atoms with van der Waals surface area (Å²) in [4.78, 5) is 17.4. The van der Waals surface area contributed by atoms with E-state index in [4.69, 9.17) is 16.0 Å². The van der Waals surface area contributed by atoms with Crippen molar-refractivity contribution in [1.29, 1.82) is 0 Å². The lowest BCUT2D eigenvalue weighted by Gasteiger charge is -2.11. The van der Waals surface area contributed by atoms with Crippen LogP contribution in [0.5, 0.6) is 0 Å². The molecule has 0 atom stereocenters. The van der Waals surface area contributed by atoms with Gasteiger partial charge in [-0.05, 0) is 54.4 Å². The minimum absolute atomic E-state index is 0.0634. The number of nitrogens with zero attached hydrogens (tertiary/aromatic N) is 2. The summed E-state index contributed by atoms with van der Waals surface area (Å²) in [6, 6.07) is 23.3. The molecule has 1 amide bonds. The normalized spacial score (nSPS) is 11.6. The van der Waals surface area contributed by atoms with Gasteiger partial charge < -0.3 is 8.98 Å². The zero-order valence-electron chi connectivity index (χ0n) is 19.8. The summed E-state index contributed by atoms with van der Waals surface area (Å²) in [5, 5.41) is 0.569. The molecule has 37 heavy (non-hydrogen) atoms. The molecule has 0 aliphatic heterocycles. The van der Waals surface area contributed by atoms with E-state index >= 15 is 0 Å². The molecule has 10 heteroatoms. The lowest BCUT2D eigenvalue weighted by Crippen LogP contribution is -2.39. The smallest absolute Gasteiger partial charge is 0.301 e. The van der Waals surface area contributed by atoms with E-state index in [0.29, 0.717) is 22.6 Å². The lowest BCUT2D eigenvalue weighted by atomic mass is 10.1. The summed E-state index contributed by atoms with van der Waals surface area (Å²) in [7, 11) is -4.06. The predicted molar refractivity (Wildman–Crippen MR) is 142 cm³/mol. The number of fused-ring (bicyclic) bond motifs is 1. The molecule has 3 aromatic carbocycles. The molecule has 188 valence electrons. The van der Waals surface area contributed by atoms with Gasteiger partial charge in [-0.2, -0.15) is 13.1 Å². The first kappa shape index (κ1) is 24.8. The van der Waals surface area contributed by atoms with Gasteiger partial charge in [0.05, 0.1) is 23.8 Å². The maximum absolute atomic E-state index is 12.8. The van der Waals surface area contributed by atoms with Crippen molar-refractivity contribution in [3.63, 3.8) is 0 Å². The van der Waals surface area contributed by atoms with Crippen LogP contribution in [-0.4, -0.2) is 23.9 Å². The molecule has 0 radical (unpaired) electrons. The molecule has 5 rings (SSSR count). The quantitative estimate of drug-likeness (QED) is 0.289. The standard InChI is InChI=1S/C27H23ClN4O4S/c1-18-30-24-12-11-21(27(33)31-37(34,35)29-16-19-6-3-2-4-7-19)15-25(24)32(18)17-22-10-9-20(14-23(22)28)26-8-5-13-36-26/h2-15,29H,16-17H2,1H3,(H,31,33). The van der Waals surface area contributed by atoms with Gasteiger partial charge >= 0.3 is 10.2 Å². The second-order valence-corrected chi connectivity index (χ2v) is 10.4. The highest BCUT2D eigenvalue weighted by Crippen LogP contribution is 2.28. The summed E-state index contributed by atoms with van der Waals surface area (Å²) in [5.41, 5.74) is 4.07. The Hall–Kier alpha value is -3.92. The van der Waals surface area contributed by atoms with E-state index < -0.39 is 16.1 Å². The van der Waals surface area contributed by atoms with Crippen LogP contribution in [0.1, 0.15) is 27.3 Å². The Balaban J connectivity index is 1.36. The number of carbonyl (C=O) groups is 1. The summed E-state index contributed by atoms with van der Waals surface area (Å²) in [5.74, 6) is 0.714. The molecule has 0 aliphatic carbocycles. The number of halogens is 1. The van der Waals surface area contributed by atoms with Crippen LogP contribution in [0.2, 0.25) is 5.02 Å². The summed E-state index contributed by atoms with van der Waals surface area (Å²) < 4.78 is 36.7. The molecule has 8 nitrogen and oxygen atoms in total. The van der Waals surface area contributed by atoms with Crippen molar-refractivity contribution in [3.05, 3.63) is 113 Å². The molecule has 2 aromatic heterocycles. The van der Waals surface area contributed by atoms with Crippen LogP contribution < -0.4 is 9.44 Å². The Bertz CT molecular complexity index is 1680. The van der Waals surface area contributed by atoms with E-state index in [1.807, 2.05) is 60.0 Å². The first-order chi connectivity index (χ1) is 17.8. The highest BCUT2D eigenvalue weighted by atomic mass is 35.5. The van der Waals surface area contributed by atoms with E-state index in [-0.39, 0.29) is 12.1 Å². The van der Waals surface area contributed by atoms with Crippen LogP contribution in [0.25, 0.3) is 22.4 Å². The van der Waals surface area contributed by atoms with Crippen molar-refractivity contribution < 1.29 is 17.6 Å². The molecule has 0 saturated heterocycles. The number of amides is 1. The fourth-order valence-electron chi connectivity index (χ4n) is 4.02. The molecule has 0 aliphatic rings. The molecule has 0 saturated carbocycles. The van der Waals surface area contributed by atoms with Crippen LogP contribution in [0.3, 0.4) is 0 Å². The van der Waals surface area contributed by atoms with Gasteiger partial charge in [0.15, 0.2) is 0 Å². The number of hydrogen-bond acceptors (Lipinski definition) is 5. The first-order valence-electron chi connectivity index (χ1n) is 11.4. The Morgan fingerprint density at radius 2 is 1.84 bits per heavy atom. The van der Waals surface area contributed by atoms with Crippen LogP contribution in [0.4, 0.5) is 0 Å². The minimum atomic E-state index is -4.06. The van der Waals surface area contributed by atoms with Crippen molar-refractivity contribution in [1.82, 2.24) is 19.0 Å². The molecular weight excluding hydrogens is 512 g/mol. The van der Waals surface area contributed by atoms with E-state index in [1.54, 1.807) is 36.6 Å². The molecule has 5 aromatic rings. The average Bonchev–Trinajstić information content (AvgIpc) is 3.52. The molecule has 0 fully saturated rings. The van der Waals surface area contributed by atoms with Gasteiger partial charge in [0.25, 0.3) is 5.91 Å². The number of benzene rings is 3. The van der Waals surface area contributed by atoms with Gasteiger partial charge in [-0.1, -0.05) is 54.1 Å². The average molecular weight is 535 g/mol. The van der Waals surface area contributed by atoms with Crippen LogP contribution >= 0.6 is 11.6 Å². The van der Waals surface area contributed by atoms with Crippen molar-refractivity contribution >= 4 is 38.8 Å². The fourth-order valence-corrected chi connectivity index (χ4v) is 5.05. The van der Waals surface area contributed by atoms with Gasteiger partial charge in [-0.3, -0.25) is 4.79 Å². The lowest BCUT2D eigenvalue weighted by molar-refractivity contribution is 0.0981. The number of imidazole rings is 1. The Kier molecular flexibility index (Phi) is 6.84. The van der Waals surface area contributed by atoms with Crippen LogP contribution in [0, 0.1) is 6.92 Å². The summed E-state index contributed by atoms with van der Waals surface area (Å²) in [6.07, 6.45) is 1.61. The van der Waals surface area contributed by atoms with Gasteiger partial charge in [0, 0.05) is 22.7 Å². The van der Waals surface area contributed by atoms with Crippen LogP contribution in [-0.2, 0) is 23.3 Å². The third-order valence-electron chi connectivity index (χ3n) is 5.92. The first-order valence-corrected chi connectivity index (χ1v) is 13.3. The van der Waals surface area contributed by atoms with Crippen molar-refractivity contribution in [2.45, 2.75) is 20.0 Å². The number of furan rings is 1. The Morgan fingerprint density at radius 1 is 1.03 bits per heavy atom. The Labute approximate surface area is 219 Å². The number of carbonyl (C=O) groups excluding carboxylic acids is 1. The van der Waals surface area contributed by atoms with Crippen molar-refractivity contribution in [2.75, 3.05) is 0 Å². The predicted octanol–water partition coefficient (Wildman–Crippen LogP) is 5.07. The molecule has 0 unspecified atom stereocenters. The molecule has 2 N–H and O–H groups in total. The van der Waals surface area contributed by atoms with E-state index in [1.165, 1.54) is 0 Å². The number of aryl methyl sites for hydroxylation is 1. The van der Waals surface area contributed by atoms with Gasteiger partial charge in [0.2, 0.25) is 0 Å². The van der Waals surface area contributed by atoms with Gasteiger partial charge in [-0.25, -0.2) is 9.71 Å². The number of aromatic nitrogens is 2. The van der Waals surface area contributed by atoms with Gasteiger partial charge in [-0.15, -0.1) is 0 Å². The number of nitrogens with one attached hydrogen (secondary N) is 2. The molecule has 0 bridgehead atoms. The fraction of sp³-hybridized carbons (Fsp3) is 0.111. The van der Waals surface area contributed by atoms with Crippen molar-refractivity contribution in [2.24, 2.45) is 0 Å². The summed E-state index contributed by atoms with van der Waals surface area (Å²) in [6.45, 7) is 2.35. The highest BCUT2D eigenvalue weighted by Gasteiger charge is 2.18. The zero-order valence-corrected chi connectivity index (χ0v) is 21.4. The monoisotopic (exact) mass is 534 g/mol. The maximum atomic E-state index is 12.8. The zero-order chi connectivity index (χ0) is 26.0. The Morgan fingerprint density at radius 3 is 2.57 bits per heavy atom. The molecule has 0 spiro atoms. The van der Waals surface area contributed by atoms with Gasteiger partial charge in [0.1, 0.15) is 11.6 Å². The third kappa shape index (κ3) is 5.59. The maximum Gasteiger partial charge on any atom is 0.301 e. The minimum Gasteiger partial charge on any atom is -0.464 e. The number of hydrogen-bond donors (Lipinski definition) is 2. The second-order valence-electron chi connectivity index (χ2n) is 8.47.